The molecule has 0 radical (unpaired) electrons. The number of carbonyl (C=O) groups excluding carboxylic acids is 4. The van der Waals surface area contributed by atoms with Gasteiger partial charge in [0.25, 0.3) is 5.91 Å². The van der Waals surface area contributed by atoms with E-state index in [0.29, 0.717) is 44.3 Å². The number of halogens is 1. The van der Waals surface area contributed by atoms with Crippen LogP contribution in [0.5, 0.6) is 0 Å². The predicted molar refractivity (Wildman–Crippen MR) is 186 cm³/mol. The molecule has 0 spiro atoms. The summed E-state index contributed by atoms with van der Waals surface area (Å²) < 4.78 is 34.6. The maximum atomic E-state index is 16.7. The fourth-order valence-electron chi connectivity index (χ4n) is 10.2. The first kappa shape index (κ1) is 36.4. The van der Waals surface area contributed by atoms with Crippen molar-refractivity contribution in [1.29, 1.82) is 0 Å². The van der Waals surface area contributed by atoms with E-state index in [4.69, 9.17) is 14.2 Å². The Hall–Kier alpha value is -2.93. The molecule has 51 heavy (non-hydrogen) atoms. The second kappa shape index (κ2) is 13.8. The highest BCUT2D eigenvalue weighted by atomic mass is 19.1. The molecule has 3 aliphatic carbocycles. The molecule has 12 nitrogen and oxygen atoms in total. The SMILES string of the molecule is CC(C)(C)OC(=O)NC1CCN(C(=O)C2=CN3C4CC5CCCCC5CC4OC4C(N5CCC(NC(=O)OC(C)(C)C)C5)C(F)CC(C2=O)C43)C1. The Labute approximate surface area is 301 Å². The van der Waals surface area contributed by atoms with Crippen LogP contribution in [0.1, 0.15) is 99.3 Å². The summed E-state index contributed by atoms with van der Waals surface area (Å²) in [5, 5.41) is 5.84. The van der Waals surface area contributed by atoms with Gasteiger partial charge >= 0.3 is 12.2 Å². The summed E-state index contributed by atoms with van der Waals surface area (Å²) >= 11 is 0. The van der Waals surface area contributed by atoms with Crippen molar-refractivity contribution < 1.29 is 37.8 Å². The molecule has 0 aromatic carbocycles. The van der Waals surface area contributed by atoms with Crippen LogP contribution in [0, 0.1) is 17.8 Å². The minimum absolute atomic E-state index is 0.0149. The number of likely N-dealkylation sites (tertiary alicyclic amines) is 2. The number of morpholine rings is 1. The third-order valence-corrected chi connectivity index (χ3v) is 12.2. The number of rotatable bonds is 4. The highest BCUT2D eigenvalue weighted by Gasteiger charge is 2.61. The summed E-state index contributed by atoms with van der Waals surface area (Å²) in [6.07, 6.45) is 6.68. The van der Waals surface area contributed by atoms with Crippen LogP contribution in [0.25, 0.3) is 0 Å². The normalized spacial score (nSPS) is 38.2. The molecule has 6 fully saturated rings. The van der Waals surface area contributed by atoms with E-state index in [1.807, 2.05) is 27.0 Å². The molecule has 7 aliphatic rings. The topological polar surface area (TPSA) is 130 Å². The first-order chi connectivity index (χ1) is 24.0. The van der Waals surface area contributed by atoms with Gasteiger partial charge in [-0.1, -0.05) is 25.7 Å². The van der Waals surface area contributed by atoms with E-state index in [2.05, 4.69) is 20.4 Å². The summed E-state index contributed by atoms with van der Waals surface area (Å²) in [4.78, 5) is 59.5. The number of alkyl halides is 1. The number of nitrogens with zero attached hydrogens (tertiary/aromatic N) is 3. The zero-order chi connectivity index (χ0) is 36.4. The van der Waals surface area contributed by atoms with Crippen molar-refractivity contribution in [2.45, 2.75) is 159 Å². The van der Waals surface area contributed by atoms with Crippen molar-refractivity contribution in [1.82, 2.24) is 25.3 Å². The second-order valence-electron chi connectivity index (χ2n) is 18.2. The molecule has 0 bridgehead atoms. The first-order valence-electron chi connectivity index (χ1n) is 19.4. The largest absolute Gasteiger partial charge is 0.444 e. The van der Waals surface area contributed by atoms with Gasteiger partial charge in [0.1, 0.15) is 17.4 Å². The minimum atomic E-state index is -1.34. The highest BCUT2D eigenvalue weighted by Crippen LogP contribution is 2.51. The van der Waals surface area contributed by atoms with Gasteiger partial charge in [-0.25, -0.2) is 14.0 Å². The Morgan fingerprint density at radius 3 is 2.08 bits per heavy atom. The van der Waals surface area contributed by atoms with Gasteiger partial charge in [-0.15, -0.1) is 0 Å². The van der Waals surface area contributed by atoms with E-state index >= 15 is 4.39 Å². The Morgan fingerprint density at radius 1 is 0.824 bits per heavy atom. The minimum Gasteiger partial charge on any atom is -0.444 e. The standard InChI is InChI=1S/C38H58FN5O7/c1-37(2,3)50-35(47)40-23-11-13-42(18-23)31-27(39)17-25-30-33(31)49-29-16-22-10-8-7-9-21(22)15-28(29)44(30)20-26(32(25)45)34(46)43-14-12-24(19-43)41-36(48)51-38(4,5)6/h20-25,27-31,33H,7-19H2,1-6H3,(H,40,47)(H,41,48). The van der Waals surface area contributed by atoms with Gasteiger partial charge in [-0.2, -0.15) is 0 Å². The molecule has 4 heterocycles. The summed E-state index contributed by atoms with van der Waals surface area (Å²) in [7, 11) is 0. The molecule has 3 saturated carbocycles. The van der Waals surface area contributed by atoms with E-state index in [1.54, 1.807) is 25.7 Å². The lowest BCUT2D eigenvalue weighted by Crippen LogP contribution is -2.73. The summed E-state index contributed by atoms with van der Waals surface area (Å²) in [6, 6.07) is -1.39. The molecule has 4 aliphatic heterocycles. The number of carbonyl (C=O) groups is 4. The maximum Gasteiger partial charge on any atom is 0.407 e. The van der Waals surface area contributed by atoms with E-state index in [1.165, 1.54) is 25.7 Å². The van der Waals surface area contributed by atoms with Crippen LogP contribution < -0.4 is 10.6 Å². The van der Waals surface area contributed by atoms with Crippen LogP contribution in [0.15, 0.2) is 11.8 Å². The highest BCUT2D eigenvalue weighted by molar-refractivity contribution is 6.20. The van der Waals surface area contributed by atoms with Gasteiger partial charge in [0.15, 0.2) is 5.78 Å². The summed E-state index contributed by atoms with van der Waals surface area (Å²) in [6.45, 7) is 12.6. The Kier molecular flexibility index (Phi) is 9.86. The molecule has 284 valence electrons. The smallest absolute Gasteiger partial charge is 0.407 e. The molecule has 0 aromatic heterocycles. The molecule has 13 heteroatoms. The van der Waals surface area contributed by atoms with E-state index in [9.17, 15) is 19.2 Å². The van der Waals surface area contributed by atoms with E-state index in [0.717, 1.165) is 12.8 Å². The second-order valence-corrected chi connectivity index (χ2v) is 18.2. The van der Waals surface area contributed by atoms with Crippen LogP contribution in [0.4, 0.5) is 14.0 Å². The van der Waals surface area contributed by atoms with Crippen molar-refractivity contribution in [2.24, 2.45) is 17.8 Å². The van der Waals surface area contributed by atoms with Crippen molar-refractivity contribution in [3.05, 3.63) is 11.8 Å². The van der Waals surface area contributed by atoms with Crippen LogP contribution in [-0.2, 0) is 23.8 Å². The van der Waals surface area contributed by atoms with Gasteiger partial charge in [-0.05, 0) is 85.5 Å². The number of amides is 3. The monoisotopic (exact) mass is 715 g/mol. The average Bonchev–Trinajstić information content (AvgIpc) is 3.68. The fraction of sp³-hybridized carbons (Fsp3) is 0.842. The fourth-order valence-corrected chi connectivity index (χ4v) is 10.2. The van der Waals surface area contributed by atoms with Gasteiger partial charge in [0.2, 0.25) is 0 Å². The average molecular weight is 716 g/mol. The lowest BCUT2D eigenvalue weighted by molar-refractivity contribution is -0.219. The molecule has 3 saturated heterocycles. The molecule has 0 aromatic rings. The lowest BCUT2D eigenvalue weighted by Gasteiger charge is -2.61. The number of hydrogen-bond donors (Lipinski definition) is 2. The molecule has 11 atom stereocenters. The van der Waals surface area contributed by atoms with Gasteiger partial charge < -0.3 is 34.6 Å². The van der Waals surface area contributed by atoms with Crippen LogP contribution in [-0.4, -0.2) is 125 Å². The van der Waals surface area contributed by atoms with Crippen LogP contribution in [0.3, 0.4) is 0 Å². The Bertz CT molecular complexity index is 1410. The molecular weight excluding hydrogens is 657 g/mol. The van der Waals surface area contributed by atoms with Crippen molar-refractivity contribution >= 4 is 23.9 Å². The third-order valence-electron chi connectivity index (χ3n) is 12.2. The van der Waals surface area contributed by atoms with Gasteiger partial charge in [0, 0.05) is 44.3 Å². The van der Waals surface area contributed by atoms with Gasteiger partial charge in [0.05, 0.1) is 41.9 Å². The summed E-state index contributed by atoms with van der Waals surface area (Å²) in [5.41, 5.74) is -1.14. The van der Waals surface area contributed by atoms with Gasteiger partial charge in [-0.3, -0.25) is 14.5 Å². The number of fused-ring (bicyclic) bond motifs is 3. The van der Waals surface area contributed by atoms with Crippen molar-refractivity contribution in [2.75, 3.05) is 26.2 Å². The Morgan fingerprint density at radius 2 is 1.43 bits per heavy atom. The zero-order valence-corrected chi connectivity index (χ0v) is 31.2. The number of ketones is 1. The first-order valence-corrected chi connectivity index (χ1v) is 19.4. The number of nitrogens with one attached hydrogen (secondary N) is 2. The van der Waals surface area contributed by atoms with Crippen LogP contribution in [0.2, 0.25) is 0 Å². The predicted octanol–water partition coefficient (Wildman–Crippen LogP) is 4.31. The Balaban J connectivity index is 1.12. The third kappa shape index (κ3) is 7.61. The molecule has 3 amide bonds. The molecule has 2 N–H and O–H groups in total. The quantitative estimate of drug-likeness (QED) is 0.409. The molecular formula is C38H58FN5O7. The number of hydrogen-bond acceptors (Lipinski definition) is 9. The number of ether oxygens (including phenoxy) is 3. The van der Waals surface area contributed by atoms with E-state index < -0.39 is 47.6 Å². The van der Waals surface area contributed by atoms with E-state index in [-0.39, 0.29) is 60.5 Å². The zero-order valence-electron chi connectivity index (χ0n) is 31.2. The molecule has 7 rings (SSSR count). The summed E-state index contributed by atoms with van der Waals surface area (Å²) in [5.74, 6) is -0.220. The number of Topliss-reactive ketones (excluding diaryl/α,β-unsaturated/α-hetero) is 1. The molecule has 11 unspecified atom stereocenters. The van der Waals surface area contributed by atoms with Crippen molar-refractivity contribution in [3.63, 3.8) is 0 Å². The van der Waals surface area contributed by atoms with Crippen molar-refractivity contribution in [3.8, 4) is 0 Å². The lowest BCUT2D eigenvalue weighted by atomic mass is 9.64. The number of alkyl carbamates (subject to hydrolysis) is 2. The van der Waals surface area contributed by atoms with Crippen LogP contribution >= 0.6 is 0 Å². The maximum absolute atomic E-state index is 16.7.